The van der Waals surface area contributed by atoms with Gasteiger partial charge in [0.1, 0.15) is 42.7 Å². The quantitative estimate of drug-likeness (QED) is 0.229. The SMILES string of the molecule is CC1O[C@@H](OC2[C@H](O[C@H]3CC[C@@]4(C)C(=CC[C@H]5[C@@H]6C[C@@H]7O[C@]8(CC[C@@H](C)CO8)[C@@H](C)[C@@H]7[C@@]6(C)CC[C@@H]54)C3)OC(CO)[C@@H](O)[C@@H]2O)C(O)[C@@H](O)[C@H]1O. The van der Waals surface area contributed by atoms with E-state index in [1.165, 1.54) is 31.8 Å². The summed E-state index contributed by atoms with van der Waals surface area (Å²) < 4.78 is 37.6. The van der Waals surface area contributed by atoms with Crippen LogP contribution in [0.3, 0.4) is 0 Å². The maximum atomic E-state index is 11.1. The van der Waals surface area contributed by atoms with Crippen molar-refractivity contribution in [3.05, 3.63) is 11.6 Å². The highest BCUT2D eigenvalue weighted by Crippen LogP contribution is 2.70. The zero-order valence-corrected chi connectivity index (χ0v) is 30.9. The van der Waals surface area contributed by atoms with Crippen LogP contribution in [0.4, 0.5) is 0 Å². The Morgan fingerprint density at radius 1 is 0.824 bits per heavy atom. The van der Waals surface area contributed by atoms with Crippen LogP contribution in [0.2, 0.25) is 0 Å². The van der Waals surface area contributed by atoms with E-state index in [2.05, 4.69) is 33.8 Å². The van der Waals surface area contributed by atoms with Crippen LogP contribution in [0.15, 0.2) is 11.6 Å². The van der Waals surface area contributed by atoms with Crippen LogP contribution in [0.5, 0.6) is 0 Å². The molecule has 0 bridgehead atoms. The second-order valence-electron chi connectivity index (χ2n) is 18.3. The van der Waals surface area contributed by atoms with E-state index in [0.717, 1.165) is 38.7 Å². The molecule has 4 aliphatic carbocycles. The third-order valence-corrected chi connectivity index (χ3v) is 15.6. The summed E-state index contributed by atoms with van der Waals surface area (Å²) in [6, 6.07) is 0. The van der Waals surface area contributed by atoms with Crippen LogP contribution >= 0.6 is 0 Å². The van der Waals surface area contributed by atoms with Gasteiger partial charge in [-0.2, -0.15) is 0 Å². The Morgan fingerprint density at radius 3 is 2.33 bits per heavy atom. The van der Waals surface area contributed by atoms with E-state index in [1.54, 1.807) is 0 Å². The predicted octanol–water partition coefficient (Wildman–Crippen LogP) is 2.39. The summed E-state index contributed by atoms with van der Waals surface area (Å²) in [7, 11) is 0. The number of aliphatic hydroxyl groups is 6. The molecule has 0 aromatic rings. The molecule has 4 unspecified atom stereocenters. The van der Waals surface area contributed by atoms with Crippen molar-refractivity contribution < 1.29 is 59.1 Å². The molecule has 0 aromatic carbocycles. The van der Waals surface area contributed by atoms with Gasteiger partial charge in [0.15, 0.2) is 18.4 Å². The monoisotopic (exact) mass is 722 g/mol. The topological polar surface area (TPSA) is 177 Å². The second kappa shape index (κ2) is 13.5. The van der Waals surface area contributed by atoms with E-state index in [9.17, 15) is 30.6 Å². The standard InChI is InChI=1S/C39H62O12/c1-18-8-13-39(46-17-18)19(2)28-26(51-39)15-25-23-7-6-21-14-22(9-11-37(21,4)24(23)10-12-38(25,28)5)48-36-34(32(44)30(42)27(16-40)49-36)50-35-33(45)31(43)29(41)20(3)47-35/h6,18-20,22-36,40-45H,7-17H2,1-5H3/t18-,19+,20?,22+,23-,24+,25+,26+,27?,28+,29+,30-,31+,32+,33?,34?,35+,36-,37+,38+,39-/m1/s1. The summed E-state index contributed by atoms with van der Waals surface area (Å²) >= 11 is 0. The molecule has 7 fully saturated rings. The maximum Gasteiger partial charge on any atom is 0.187 e. The number of rotatable bonds is 5. The van der Waals surface area contributed by atoms with Gasteiger partial charge in [-0.25, -0.2) is 0 Å². The summed E-state index contributed by atoms with van der Waals surface area (Å²) in [5.74, 6) is 2.92. The van der Waals surface area contributed by atoms with Crippen molar-refractivity contribution >= 4 is 0 Å². The first-order chi connectivity index (χ1) is 24.2. The first-order valence-corrected chi connectivity index (χ1v) is 19.8. The molecule has 290 valence electrons. The fourth-order valence-corrected chi connectivity index (χ4v) is 12.5. The normalized spacial score (nSPS) is 58.4. The fraction of sp³-hybridized carbons (Fsp3) is 0.949. The molecule has 12 heteroatoms. The van der Waals surface area contributed by atoms with Crippen LogP contribution in [-0.4, -0.2) is 123 Å². The second-order valence-corrected chi connectivity index (χ2v) is 18.3. The highest BCUT2D eigenvalue weighted by Gasteiger charge is 2.68. The van der Waals surface area contributed by atoms with E-state index in [0.29, 0.717) is 41.9 Å². The van der Waals surface area contributed by atoms with Crippen molar-refractivity contribution in [1.82, 2.24) is 0 Å². The number of hydrogen-bond acceptors (Lipinski definition) is 12. The molecule has 0 aromatic heterocycles. The van der Waals surface area contributed by atoms with Crippen molar-refractivity contribution in [2.24, 2.45) is 46.3 Å². The molecule has 3 saturated carbocycles. The highest BCUT2D eigenvalue weighted by atomic mass is 16.8. The zero-order chi connectivity index (χ0) is 36.2. The van der Waals surface area contributed by atoms with E-state index in [-0.39, 0.29) is 23.0 Å². The van der Waals surface area contributed by atoms with Crippen molar-refractivity contribution in [1.29, 1.82) is 0 Å². The molecule has 4 heterocycles. The molecular weight excluding hydrogens is 660 g/mol. The van der Waals surface area contributed by atoms with Gasteiger partial charge < -0.3 is 59.1 Å². The summed E-state index contributed by atoms with van der Waals surface area (Å²) in [5.41, 5.74) is 1.70. The molecule has 6 N–H and O–H groups in total. The van der Waals surface area contributed by atoms with Gasteiger partial charge in [-0.3, -0.25) is 0 Å². The van der Waals surface area contributed by atoms with Crippen molar-refractivity contribution in [2.45, 2.75) is 172 Å². The lowest BCUT2D eigenvalue weighted by Crippen LogP contribution is -2.64. The molecule has 8 rings (SSSR count). The number of hydrogen-bond donors (Lipinski definition) is 6. The minimum absolute atomic E-state index is 0.0535. The van der Waals surface area contributed by atoms with Crippen LogP contribution < -0.4 is 0 Å². The van der Waals surface area contributed by atoms with Crippen molar-refractivity contribution in [3.63, 3.8) is 0 Å². The first-order valence-electron chi connectivity index (χ1n) is 19.8. The molecule has 51 heavy (non-hydrogen) atoms. The summed E-state index contributed by atoms with van der Waals surface area (Å²) in [5, 5.41) is 62.9. The van der Waals surface area contributed by atoms with Crippen LogP contribution in [0.1, 0.15) is 92.4 Å². The number of fused-ring (bicyclic) bond motifs is 7. The van der Waals surface area contributed by atoms with Gasteiger partial charge in [0.05, 0.1) is 31.5 Å². The van der Waals surface area contributed by atoms with Crippen molar-refractivity contribution in [3.8, 4) is 0 Å². The van der Waals surface area contributed by atoms with Gasteiger partial charge in [-0.05, 0) is 98.7 Å². The van der Waals surface area contributed by atoms with Gasteiger partial charge in [0, 0.05) is 12.3 Å². The molecule has 0 amide bonds. The van der Waals surface area contributed by atoms with Crippen LogP contribution in [0, 0.1) is 46.3 Å². The Morgan fingerprint density at radius 2 is 1.61 bits per heavy atom. The van der Waals surface area contributed by atoms with E-state index in [1.807, 2.05) is 0 Å². The Balaban J connectivity index is 0.964. The molecular formula is C39H62O12. The third-order valence-electron chi connectivity index (χ3n) is 15.6. The number of allylic oxidation sites excluding steroid dienone is 1. The van der Waals surface area contributed by atoms with E-state index in [4.69, 9.17) is 28.4 Å². The minimum Gasteiger partial charge on any atom is -0.394 e. The Hall–Kier alpha value is -0.740. The Labute approximate surface area is 301 Å². The smallest absolute Gasteiger partial charge is 0.187 e. The molecule has 4 aliphatic heterocycles. The lowest BCUT2D eigenvalue weighted by molar-refractivity contribution is -0.369. The molecule has 21 atom stereocenters. The molecule has 8 aliphatic rings. The summed E-state index contributed by atoms with van der Waals surface area (Å²) in [6.07, 6.45) is -1.68. The Bertz CT molecular complexity index is 1300. The summed E-state index contributed by atoms with van der Waals surface area (Å²) in [4.78, 5) is 0. The average Bonchev–Trinajstić information content (AvgIpc) is 3.56. The molecule has 1 spiro atoms. The lowest BCUT2D eigenvalue weighted by Gasteiger charge is -2.58. The van der Waals surface area contributed by atoms with E-state index >= 15 is 0 Å². The van der Waals surface area contributed by atoms with Gasteiger partial charge in [-0.15, -0.1) is 0 Å². The number of aliphatic hydroxyl groups excluding tert-OH is 6. The van der Waals surface area contributed by atoms with Crippen LogP contribution in [0.25, 0.3) is 0 Å². The van der Waals surface area contributed by atoms with Gasteiger partial charge in [-0.1, -0.05) is 39.3 Å². The fourth-order valence-electron chi connectivity index (χ4n) is 12.5. The molecule has 0 radical (unpaired) electrons. The maximum absolute atomic E-state index is 11.1. The van der Waals surface area contributed by atoms with E-state index < -0.39 is 73.8 Å². The first kappa shape index (κ1) is 37.2. The minimum atomic E-state index is -1.61. The number of ether oxygens (including phenoxy) is 6. The third kappa shape index (κ3) is 5.84. The zero-order valence-electron chi connectivity index (χ0n) is 30.9. The highest BCUT2D eigenvalue weighted by molar-refractivity contribution is 5.26. The summed E-state index contributed by atoms with van der Waals surface area (Å²) in [6.45, 7) is 11.5. The molecule has 12 nitrogen and oxygen atoms in total. The van der Waals surface area contributed by atoms with Gasteiger partial charge >= 0.3 is 0 Å². The Kier molecular flexibility index (Phi) is 9.83. The van der Waals surface area contributed by atoms with Gasteiger partial charge in [0.25, 0.3) is 0 Å². The van der Waals surface area contributed by atoms with Gasteiger partial charge in [0.2, 0.25) is 0 Å². The molecule has 4 saturated heterocycles. The average molecular weight is 723 g/mol. The lowest BCUT2D eigenvalue weighted by atomic mass is 9.47. The largest absolute Gasteiger partial charge is 0.394 e. The van der Waals surface area contributed by atoms with Crippen molar-refractivity contribution in [2.75, 3.05) is 13.2 Å². The predicted molar refractivity (Wildman–Crippen MR) is 182 cm³/mol. The van der Waals surface area contributed by atoms with Crippen LogP contribution in [-0.2, 0) is 28.4 Å².